The molecule has 1 aromatic heterocycles. The molecule has 5 nitrogen and oxygen atoms in total. The van der Waals surface area contributed by atoms with E-state index in [-0.39, 0.29) is 17.2 Å². The molecule has 30 heavy (non-hydrogen) atoms. The van der Waals surface area contributed by atoms with Crippen molar-refractivity contribution in [2.75, 3.05) is 11.1 Å². The molecule has 0 atom stereocenters. The fourth-order valence-corrected chi connectivity index (χ4v) is 4.24. The zero-order valence-electron chi connectivity index (χ0n) is 18.2. The molecule has 0 spiro atoms. The first-order valence-electron chi connectivity index (χ1n) is 10.3. The number of nitrogens with one attached hydrogen (secondary N) is 1. The number of nitrogens with zero attached hydrogens (tertiary/aromatic N) is 2. The predicted octanol–water partition coefficient (Wildman–Crippen LogP) is 5.22. The van der Waals surface area contributed by atoms with Crippen LogP contribution in [0.5, 0.6) is 0 Å². The van der Waals surface area contributed by atoms with E-state index in [2.05, 4.69) is 38.0 Å². The van der Waals surface area contributed by atoms with E-state index in [0.29, 0.717) is 34.4 Å². The van der Waals surface area contributed by atoms with Crippen molar-refractivity contribution < 1.29 is 4.79 Å². The maximum Gasteiger partial charge on any atom is 0.262 e. The number of carbonyl (C=O) groups excluding carboxylic acids is 1. The van der Waals surface area contributed by atoms with E-state index in [1.54, 1.807) is 10.6 Å². The van der Waals surface area contributed by atoms with E-state index in [0.717, 1.165) is 16.8 Å². The number of benzene rings is 2. The Balaban J connectivity index is 1.85. The summed E-state index contributed by atoms with van der Waals surface area (Å²) in [7, 11) is 0. The molecule has 0 saturated heterocycles. The van der Waals surface area contributed by atoms with Gasteiger partial charge in [-0.15, -0.1) is 0 Å². The summed E-state index contributed by atoms with van der Waals surface area (Å²) >= 11 is 1.31. The second-order valence-electron chi connectivity index (χ2n) is 8.25. The molecule has 0 unspecified atom stereocenters. The van der Waals surface area contributed by atoms with Gasteiger partial charge < -0.3 is 5.32 Å². The van der Waals surface area contributed by atoms with Crippen LogP contribution < -0.4 is 10.9 Å². The van der Waals surface area contributed by atoms with Crippen LogP contribution in [0.2, 0.25) is 0 Å². The Morgan fingerprint density at radius 2 is 1.83 bits per heavy atom. The summed E-state index contributed by atoms with van der Waals surface area (Å²) in [6.07, 6.45) is 0. The largest absolute Gasteiger partial charge is 0.325 e. The maximum absolute atomic E-state index is 13.0. The monoisotopic (exact) mass is 423 g/mol. The highest BCUT2D eigenvalue weighted by atomic mass is 32.2. The van der Waals surface area contributed by atoms with Crippen LogP contribution in [0.3, 0.4) is 0 Å². The summed E-state index contributed by atoms with van der Waals surface area (Å²) in [6.45, 7) is 10.9. The SMILES string of the molecule is Cc1cccc(C(C)C)c1NC(=O)CSc1nc2ccccc2c(=O)n1CC(C)C. The number of carbonyl (C=O) groups is 1. The number of hydrogen-bond donors (Lipinski definition) is 1. The predicted molar refractivity (Wildman–Crippen MR) is 125 cm³/mol. The molecule has 0 fully saturated rings. The highest BCUT2D eigenvalue weighted by Crippen LogP contribution is 2.28. The van der Waals surface area contributed by atoms with Crippen molar-refractivity contribution >= 4 is 34.3 Å². The van der Waals surface area contributed by atoms with Crippen molar-refractivity contribution in [1.82, 2.24) is 9.55 Å². The minimum atomic E-state index is -0.102. The van der Waals surface area contributed by atoms with Gasteiger partial charge in [0.2, 0.25) is 5.91 Å². The standard InChI is InChI=1S/C24H29N3O2S/c1-15(2)13-27-23(29)19-10-6-7-12-20(19)25-24(27)30-14-21(28)26-22-17(5)9-8-11-18(22)16(3)4/h6-12,15-16H,13-14H2,1-5H3,(H,26,28). The summed E-state index contributed by atoms with van der Waals surface area (Å²) < 4.78 is 1.69. The number of aryl methyl sites for hydroxylation is 1. The highest BCUT2D eigenvalue weighted by Gasteiger charge is 2.16. The van der Waals surface area contributed by atoms with Gasteiger partial charge in [0.25, 0.3) is 5.56 Å². The third-order valence-corrected chi connectivity index (χ3v) is 5.87. The van der Waals surface area contributed by atoms with Crippen molar-refractivity contribution in [2.24, 2.45) is 5.92 Å². The normalized spacial score (nSPS) is 11.4. The number of amides is 1. The molecule has 0 bridgehead atoms. The molecule has 0 aliphatic heterocycles. The quantitative estimate of drug-likeness (QED) is 0.418. The third-order valence-electron chi connectivity index (χ3n) is 4.90. The molecule has 3 rings (SSSR count). The van der Waals surface area contributed by atoms with E-state index >= 15 is 0 Å². The van der Waals surface area contributed by atoms with Crippen molar-refractivity contribution in [3.8, 4) is 0 Å². The molecule has 6 heteroatoms. The van der Waals surface area contributed by atoms with Gasteiger partial charge in [0.05, 0.1) is 16.7 Å². The Bertz CT molecular complexity index is 1120. The second-order valence-corrected chi connectivity index (χ2v) is 9.19. The van der Waals surface area contributed by atoms with Crippen molar-refractivity contribution in [2.45, 2.75) is 52.2 Å². The van der Waals surface area contributed by atoms with Gasteiger partial charge >= 0.3 is 0 Å². The minimum Gasteiger partial charge on any atom is -0.325 e. The Hall–Kier alpha value is -2.60. The van der Waals surface area contributed by atoms with Crippen LogP contribution in [-0.2, 0) is 11.3 Å². The van der Waals surface area contributed by atoms with Crippen molar-refractivity contribution in [3.05, 3.63) is 63.9 Å². The van der Waals surface area contributed by atoms with Crippen LogP contribution >= 0.6 is 11.8 Å². The first-order chi connectivity index (χ1) is 14.3. The lowest BCUT2D eigenvalue weighted by Crippen LogP contribution is -2.26. The number of aromatic nitrogens is 2. The van der Waals surface area contributed by atoms with Crippen molar-refractivity contribution in [3.63, 3.8) is 0 Å². The lowest BCUT2D eigenvalue weighted by molar-refractivity contribution is -0.113. The number of anilines is 1. The number of fused-ring (bicyclic) bond motifs is 1. The van der Waals surface area contributed by atoms with Crippen LogP contribution in [0.25, 0.3) is 10.9 Å². The molecule has 1 amide bonds. The van der Waals surface area contributed by atoms with Crippen LogP contribution in [0, 0.1) is 12.8 Å². The summed E-state index contributed by atoms with van der Waals surface area (Å²) in [5.74, 6) is 0.690. The average molecular weight is 424 g/mol. The number of para-hydroxylation sites is 2. The van der Waals surface area contributed by atoms with E-state index in [9.17, 15) is 9.59 Å². The Kier molecular flexibility index (Phi) is 6.98. The maximum atomic E-state index is 13.0. The van der Waals surface area contributed by atoms with E-state index < -0.39 is 0 Å². The van der Waals surface area contributed by atoms with Crippen molar-refractivity contribution in [1.29, 1.82) is 0 Å². The molecular weight excluding hydrogens is 394 g/mol. The minimum absolute atomic E-state index is 0.0572. The van der Waals surface area contributed by atoms with Crippen LogP contribution in [0.1, 0.15) is 44.7 Å². The summed E-state index contributed by atoms with van der Waals surface area (Å²) in [5, 5.41) is 4.25. The molecular formula is C24H29N3O2S. The molecule has 2 aromatic carbocycles. The van der Waals surface area contributed by atoms with Gasteiger partial charge in [-0.2, -0.15) is 0 Å². The summed E-state index contributed by atoms with van der Waals surface area (Å²) in [6, 6.07) is 13.4. The van der Waals surface area contributed by atoms with E-state index in [1.807, 2.05) is 43.3 Å². The second kappa shape index (κ2) is 9.47. The Morgan fingerprint density at radius 1 is 1.10 bits per heavy atom. The molecule has 0 aliphatic carbocycles. The van der Waals surface area contributed by atoms with Crippen LogP contribution in [0.4, 0.5) is 5.69 Å². The lowest BCUT2D eigenvalue weighted by atomic mass is 9.98. The lowest BCUT2D eigenvalue weighted by Gasteiger charge is -2.17. The van der Waals surface area contributed by atoms with Crippen LogP contribution in [-0.4, -0.2) is 21.2 Å². The molecule has 0 radical (unpaired) electrons. The zero-order chi connectivity index (χ0) is 21.8. The number of rotatable bonds is 7. The van der Waals surface area contributed by atoms with Crippen LogP contribution in [0.15, 0.2) is 52.4 Å². The fourth-order valence-electron chi connectivity index (χ4n) is 3.43. The Morgan fingerprint density at radius 3 is 2.53 bits per heavy atom. The first kappa shape index (κ1) is 22.1. The van der Waals surface area contributed by atoms with E-state index in [4.69, 9.17) is 0 Å². The van der Waals surface area contributed by atoms with Gasteiger partial charge in [-0.25, -0.2) is 4.98 Å². The fraction of sp³-hybridized carbons (Fsp3) is 0.375. The highest BCUT2D eigenvalue weighted by molar-refractivity contribution is 7.99. The molecule has 0 saturated carbocycles. The molecule has 0 aliphatic rings. The van der Waals surface area contributed by atoms with Gasteiger partial charge in [-0.3, -0.25) is 14.2 Å². The topological polar surface area (TPSA) is 64.0 Å². The van der Waals surface area contributed by atoms with Gasteiger partial charge in [0.1, 0.15) is 0 Å². The average Bonchev–Trinajstić information content (AvgIpc) is 2.70. The zero-order valence-corrected chi connectivity index (χ0v) is 19.0. The van der Waals surface area contributed by atoms with Gasteiger partial charge in [0.15, 0.2) is 5.16 Å². The molecule has 158 valence electrons. The van der Waals surface area contributed by atoms with Gasteiger partial charge in [-0.1, -0.05) is 69.8 Å². The molecule has 3 aromatic rings. The summed E-state index contributed by atoms with van der Waals surface area (Å²) in [4.78, 5) is 30.4. The first-order valence-corrected chi connectivity index (χ1v) is 11.3. The number of hydrogen-bond acceptors (Lipinski definition) is 4. The number of thioether (sulfide) groups is 1. The van der Waals surface area contributed by atoms with Gasteiger partial charge in [0, 0.05) is 12.2 Å². The van der Waals surface area contributed by atoms with E-state index in [1.165, 1.54) is 11.8 Å². The third kappa shape index (κ3) is 4.93. The Labute approximate surface area is 181 Å². The molecule has 1 heterocycles. The van der Waals surface area contributed by atoms with Gasteiger partial charge in [-0.05, 0) is 42.0 Å². The smallest absolute Gasteiger partial charge is 0.262 e. The molecule has 1 N–H and O–H groups in total. The summed E-state index contributed by atoms with van der Waals surface area (Å²) in [5.41, 5.74) is 3.64.